The third kappa shape index (κ3) is 4.96. The highest BCUT2D eigenvalue weighted by Gasteiger charge is 2.13. The highest BCUT2D eigenvalue weighted by molar-refractivity contribution is 7.15. The van der Waals surface area contributed by atoms with Gasteiger partial charge in [-0.2, -0.15) is 14.6 Å². The molecule has 4 rings (SSSR count). The largest absolute Gasteiger partial charge is 0.490 e. The Kier molecular flexibility index (Phi) is 6.27. The molecule has 2 aromatic heterocycles. The SMILES string of the molecule is CCOc1cc(/C=c2\sc3nc(=O)c(Cc4ccc(F)cc4)nn3c2=O)ccc1OC(C)=O. The first-order valence-corrected chi connectivity index (χ1v) is 10.8. The number of carbonyl (C=O) groups excluding carboxylic acids is 1. The maximum absolute atomic E-state index is 13.1. The van der Waals surface area contributed by atoms with Crippen LogP contribution in [0.1, 0.15) is 30.7 Å². The molecule has 0 fully saturated rings. The molecule has 2 heterocycles. The number of benzene rings is 2. The van der Waals surface area contributed by atoms with E-state index in [-0.39, 0.29) is 28.6 Å². The van der Waals surface area contributed by atoms with Crippen LogP contribution in [0.3, 0.4) is 0 Å². The highest BCUT2D eigenvalue weighted by Crippen LogP contribution is 2.29. The summed E-state index contributed by atoms with van der Waals surface area (Å²) in [5, 5.41) is 4.19. The monoisotopic (exact) mass is 467 g/mol. The quantitative estimate of drug-likeness (QED) is 0.316. The number of hydrogen-bond acceptors (Lipinski definition) is 8. The van der Waals surface area contributed by atoms with Gasteiger partial charge in [0.2, 0.25) is 4.96 Å². The number of esters is 1. The number of ether oxygens (including phenoxy) is 2. The van der Waals surface area contributed by atoms with Gasteiger partial charge < -0.3 is 9.47 Å². The zero-order valence-electron chi connectivity index (χ0n) is 17.7. The molecule has 0 radical (unpaired) electrons. The zero-order chi connectivity index (χ0) is 23.5. The fourth-order valence-electron chi connectivity index (χ4n) is 3.12. The molecule has 2 aromatic carbocycles. The minimum Gasteiger partial charge on any atom is -0.490 e. The molecule has 4 aromatic rings. The fraction of sp³-hybridized carbons (Fsp3) is 0.174. The third-order valence-corrected chi connectivity index (χ3v) is 5.51. The first-order chi connectivity index (χ1) is 15.8. The van der Waals surface area contributed by atoms with E-state index in [1.54, 1.807) is 43.3 Å². The lowest BCUT2D eigenvalue weighted by molar-refractivity contribution is -0.132. The molecule has 0 amide bonds. The summed E-state index contributed by atoms with van der Waals surface area (Å²) in [5.74, 6) is -0.218. The zero-order valence-corrected chi connectivity index (χ0v) is 18.5. The number of aromatic nitrogens is 3. The van der Waals surface area contributed by atoms with Crippen LogP contribution in [0.5, 0.6) is 11.5 Å². The van der Waals surface area contributed by atoms with Crippen molar-refractivity contribution in [3.63, 3.8) is 0 Å². The van der Waals surface area contributed by atoms with Gasteiger partial charge in [0.25, 0.3) is 11.1 Å². The molecular formula is C23H18FN3O5S. The van der Waals surface area contributed by atoms with Gasteiger partial charge in [-0.15, -0.1) is 0 Å². The summed E-state index contributed by atoms with van der Waals surface area (Å²) in [6, 6.07) is 10.6. The van der Waals surface area contributed by atoms with Gasteiger partial charge >= 0.3 is 5.97 Å². The average Bonchev–Trinajstić information content (AvgIpc) is 3.06. The molecule has 0 aliphatic rings. The van der Waals surface area contributed by atoms with Crippen LogP contribution in [-0.2, 0) is 11.2 Å². The topological polar surface area (TPSA) is 99.9 Å². The first kappa shape index (κ1) is 22.3. The second kappa shape index (κ2) is 9.29. The summed E-state index contributed by atoms with van der Waals surface area (Å²) in [6.45, 7) is 3.45. The van der Waals surface area contributed by atoms with Crippen molar-refractivity contribution in [1.82, 2.24) is 14.6 Å². The van der Waals surface area contributed by atoms with Crippen LogP contribution < -0.4 is 25.1 Å². The predicted molar refractivity (Wildman–Crippen MR) is 120 cm³/mol. The van der Waals surface area contributed by atoms with E-state index in [9.17, 15) is 18.8 Å². The van der Waals surface area contributed by atoms with Crippen molar-refractivity contribution in [2.75, 3.05) is 6.61 Å². The number of fused-ring (bicyclic) bond motifs is 1. The van der Waals surface area contributed by atoms with E-state index in [4.69, 9.17) is 9.47 Å². The Morgan fingerprint density at radius 3 is 2.61 bits per heavy atom. The van der Waals surface area contributed by atoms with E-state index < -0.39 is 17.1 Å². The van der Waals surface area contributed by atoms with Crippen LogP contribution in [0.2, 0.25) is 0 Å². The molecule has 0 spiro atoms. The number of rotatable bonds is 6. The maximum Gasteiger partial charge on any atom is 0.308 e. The second-order valence-corrected chi connectivity index (χ2v) is 8.02. The molecule has 8 nitrogen and oxygen atoms in total. The molecule has 168 valence electrons. The Labute approximate surface area is 190 Å². The van der Waals surface area contributed by atoms with Gasteiger partial charge in [-0.3, -0.25) is 14.4 Å². The summed E-state index contributed by atoms with van der Waals surface area (Å²) in [4.78, 5) is 40.8. The minimum absolute atomic E-state index is 0.0879. The van der Waals surface area contributed by atoms with E-state index in [0.717, 1.165) is 15.9 Å². The highest BCUT2D eigenvalue weighted by atomic mass is 32.1. The molecule has 0 atom stereocenters. The molecule has 33 heavy (non-hydrogen) atoms. The van der Waals surface area contributed by atoms with Crippen molar-refractivity contribution in [3.05, 3.63) is 90.3 Å². The molecule has 0 saturated carbocycles. The standard InChI is InChI=1S/C23H18FN3O5S/c1-3-31-19-11-15(6-9-18(19)32-13(2)28)12-20-22(30)27-23(33-20)25-21(29)17(26-27)10-14-4-7-16(24)8-5-14/h4-9,11-12H,3,10H2,1-2H3/b20-12-. The molecule has 0 bridgehead atoms. The molecule has 0 unspecified atom stereocenters. The molecule has 0 saturated heterocycles. The van der Waals surface area contributed by atoms with Gasteiger partial charge in [-0.25, -0.2) is 4.39 Å². The molecule has 0 aliphatic carbocycles. The minimum atomic E-state index is -0.545. The van der Waals surface area contributed by atoms with Gasteiger partial charge in [-0.05, 0) is 48.4 Å². The average molecular weight is 467 g/mol. The van der Waals surface area contributed by atoms with Gasteiger partial charge in [0.05, 0.1) is 11.1 Å². The Morgan fingerprint density at radius 2 is 1.91 bits per heavy atom. The van der Waals surface area contributed by atoms with Crippen molar-refractivity contribution in [1.29, 1.82) is 0 Å². The van der Waals surface area contributed by atoms with E-state index in [1.807, 2.05) is 0 Å². The summed E-state index contributed by atoms with van der Waals surface area (Å²) >= 11 is 1.03. The van der Waals surface area contributed by atoms with Gasteiger partial charge in [-0.1, -0.05) is 29.5 Å². The van der Waals surface area contributed by atoms with Crippen LogP contribution >= 0.6 is 11.3 Å². The number of halogens is 1. The van der Waals surface area contributed by atoms with Gasteiger partial charge in [0, 0.05) is 13.3 Å². The second-order valence-electron chi connectivity index (χ2n) is 7.01. The summed E-state index contributed by atoms with van der Waals surface area (Å²) in [6.07, 6.45) is 1.74. The van der Waals surface area contributed by atoms with Gasteiger partial charge in [0.1, 0.15) is 11.5 Å². The smallest absolute Gasteiger partial charge is 0.308 e. The predicted octanol–water partition coefficient (Wildman–Crippen LogP) is 2.11. The van der Waals surface area contributed by atoms with Crippen molar-refractivity contribution in [2.45, 2.75) is 20.3 Å². The van der Waals surface area contributed by atoms with Crippen LogP contribution in [0, 0.1) is 5.82 Å². The fourth-order valence-corrected chi connectivity index (χ4v) is 4.03. The Balaban J connectivity index is 1.74. The normalized spacial score (nSPS) is 11.7. The van der Waals surface area contributed by atoms with Crippen LogP contribution in [0.4, 0.5) is 4.39 Å². The molecule has 0 aliphatic heterocycles. The van der Waals surface area contributed by atoms with Crippen LogP contribution in [0.15, 0.2) is 52.1 Å². The summed E-state index contributed by atoms with van der Waals surface area (Å²) in [7, 11) is 0. The van der Waals surface area contributed by atoms with E-state index >= 15 is 0 Å². The molecule has 10 heteroatoms. The Morgan fingerprint density at radius 1 is 1.15 bits per heavy atom. The van der Waals surface area contributed by atoms with Crippen LogP contribution in [0.25, 0.3) is 11.0 Å². The van der Waals surface area contributed by atoms with E-state index in [1.165, 1.54) is 19.1 Å². The van der Waals surface area contributed by atoms with Gasteiger partial charge in [0.15, 0.2) is 11.5 Å². The Bertz CT molecular complexity index is 1510. The molecular weight excluding hydrogens is 449 g/mol. The van der Waals surface area contributed by atoms with Crippen molar-refractivity contribution < 1.29 is 18.7 Å². The lowest BCUT2D eigenvalue weighted by Crippen LogP contribution is -2.28. The third-order valence-electron chi connectivity index (χ3n) is 4.55. The summed E-state index contributed by atoms with van der Waals surface area (Å²) < 4.78 is 25.2. The number of carbonyl (C=O) groups is 1. The maximum atomic E-state index is 13.1. The van der Waals surface area contributed by atoms with E-state index in [0.29, 0.717) is 28.0 Å². The van der Waals surface area contributed by atoms with E-state index in [2.05, 4.69) is 10.1 Å². The first-order valence-electron chi connectivity index (χ1n) is 9.98. The van der Waals surface area contributed by atoms with Crippen LogP contribution in [-0.4, -0.2) is 27.2 Å². The number of thiazole rings is 1. The van der Waals surface area contributed by atoms with Crippen molar-refractivity contribution in [2.24, 2.45) is 0 Å². The molecule has 0 N–H and O–H groups in total. The number of nitrogens with zero attached hydrogens (tertiary/aromatic N) is 3. The van der Waals surface area contributed by atoms with Crippen molar-refractivity contribution in [3.8, 4) is 11.5 Å². The Hall–Kier alpha value is -3.92. The lowest BCUT2D eigenvalue weighted by atomic mass is 10.1. The number of hydrogen-bond donors (Lipinski definition) is 0. The summed E-state index contributed by atoms with van der Waals surface area (Å²) in [5.41, 5.74) is 0.423. The lowest BCUT2D eigenvalue weighted by Gasteiger charge is -2.10. The van der Waals surface area contributed by atoms with Crippen molar-refractivity contribution >= 4 is 28.3 Å².